The van der Waals surface area contributed by atoms with Crippen LogP contribution >= 0.6 is 23.4 Å². The molecule has 2 heterocycles. The van der Waals surface area contributed by atoms with E-state index in [4.69, 9.17) is 11.6 Å². The number of hydrogen-bond donors (Lipinski definition) is 1. The van der Waals surface area contributed by atoms with E-state index >= 15 is 0 Å². The molecule has 7 heteroatoms. The van der Waals surface area contributed by atoms with E-state index in [-0.39, 0.29) is 11.4 Å². The summed E-state index contributed by atoms with van der Waals surface area (Å²) in [5, 5.41) is 3.69. The molecule has 144 valence electrons. The monoisotopic (exact) mass is 404 g/mol. The first-order valence-corrected chi connectivity index (χ1v) is 10.7. The van der Waals surface area contributed by atoms with E-state index in [0.717, 1.165) is 11.5 Å². The Kier molecular flexibility index (Phi) is 6.50. The van der Waals surface area contributed by atoms with Crippen molar-refractivity contribution in [2.45, 2.75) is 25.1 Å². The van der Waals surface area contributed by atoms with Crippen LogP contribution in [0.25, 0.3) is 0 Å². The minimum Gasteiger partial charge on any atom is -0.351 e. The molecule has 1 aliphatic rings. The van der Waals surface area contributed by atoms with Gasteiger partial charge in [0.05, 0.1) is 10.4 Å². The van der Waals surface area contributed by atoms with Crippen LogP contribution in [0.15, 0.2) is 42.6 Å². The SMILES string of the molecule is CSC1CN(c2ncccc2Cl)CCN1C(=O)Nc1ccc(C(C)C)cc1. The Morgan fingerprint density at radius 1 is 1.26 bits per heavy atom. The van der Waals surface area contributed by atoms with Gasteiger partial charge in [-0.25, -0.2) is 9.78 Å². The van der Waals surface area contributed by atoms with Gasteiger partial charge in [-0.1, -0.05) is 37.6 Å². The van der Waals surface area contributed by atoms with Crippen LogP contribution in [0.2, 0.25) is 5.02 Å². The molecule has 0 radical (unpaired) electrons. The second-order valence-corrected chi connectivity index (χ2v) is 8.27. The fourth-order valence-corrected chi connectivity index (χ4v) is 4.16. The molecule has 1 unspecified atom stereocenters. The zero-order valence-electron chi connectivity index (χ0n) is 15.9. The third kappa shape index (κ3) is 4.68. The first kappa shape index (κ1) is 19.8. The van der Waals surface area contributed by atoms with Crippen molar-refractivity contribution < 1.29 is 4.79 Å². The summed E-state index contributed by atoms with van der Waals surface area (Å²) >= 11 is 7.94. The van der Waals surface area contributed by atoms with Gasteiger partial charge in [-0.15, -0.1) is 11.8 Å². The van der Waals surface area contributed by atoms with Gasteiger partial charge in [0, 0.05) is 31.5 Å². The standard InChI is InChI=1S/C20H25ClN4OS/c1-14(2)15-6-8-16(9-7-15)23-20(26)25-12-11-24(13-18(25)27-3)19-17(21)5-4-10-22-19/h4-10,14,18H,11-13H2,1-3H3,(H,23,26). The van der Waals surface area contributed by atoms with Crippen LogP contribution in [0.1, 0.15) is 25.3 Å². The Hall–Kier alpha value is -1.92. The Morgan fingerprint density at radius 2 is 2.00 bits per heavy atom. The van der Waals surface area contributed by atoms with Gasteiger partial charge in [0.2, 0.25) is 0 Å². The molecule has 0 bridgehead atoms. The maximum atomic E-state index is 12.8. The number of thioether (sulfide) groups is 1. The van der Waals surface area contributed by atoms with Crippen LogP contribution in [0, 0.1) is 0 Å². The van der Waals surface area contributed by atoms with Crippen molar-refractivity contribution in [1.29, 1.82) is 0 Å². The molecule has 1 aromatic heterocycles. The lowest BCUT2D eigenvalue weighted by molar-refractivity contribution is 0.201. The van der Waals surface area contributed by atoms with Crippen molar-refractivity contribution in [1.82, 2.24) is 9.88 Å². The molecule has 1 aromatic carbocycles. The lowest BCUT2D eigenvalue weighted by atomic mass is 10.0. The lowest BCUT2D eigenvalue weighted by Crippen LogP contribution is -2.55. The molecule has 27 heavy (non-hydrogen) atoms. The highest BCUT2D eigenvalue weighted by Gasteiger charge is 2.31. The van der Waals surface area contributed by atoms with Crippen molar-refractivity contribution in [3.05, 3.63) is 53.2 Å². The number of piperazine rings is 1. The summed E-state index contributed by atoms with van der Waals surface area (Å²) in [7, 11) is 0. The Bertz CT molecular complexity index is 784. The highest BCUT2D eigenvalue weighted by atomic mass is 35.5. The molecule has 0 saturated carbocycles. The smallest absolute Gasteiger partial charge is 0.322 e. The fraction of sp³-hybridized carbons (Fsp3) is 0.400. The predicted octanol–water partition coefficient (Wildman–Crippen LogP) is 4.90. The molecule has 2 aromatic rings. The first-order valence-electron chi connectivity index (χ1n) is 9.05. The number of amides is 2. The van der Waals surface area contributed by atoms with Crippen LogP contribution in [0.4, 0.5) is 16.3 Å². The van der Waals surface area contributed by atoms with Gasteiger partial charge < -0.3 is 15.1 Å². The fourth-order valence-electron chi connectivity index (χ4n) is 3.13. The summed E-state index contributed by atoms with van der Waals surface area (Å²) < 4.78 is 0. The summed E-state index contributed by atoms with van der Waals surface area (Å²) in [5.41, 5.74) is 2.08. The Morgan fingerprint density at radius 3 is 2.63 bits per heavy atom. The number of pyridine rings is 1. The van der Waals surface area contributed by atoms with Gasteiger partial charge in [0.1, 0.15) is 5.82 Å². The van der Waals surface area contributed by atoms with Crippen molar-refractivity contribution in [2.24, 2.45) is 0 Å². The quantitative estimate of drug-likeness (QED) is 0.787. The second kappa shape index (κ2) is 8.85. The largest absolute Gasteiger partial charge is 0.351 e. The van der Waals surface area contributed by atoms with Crippen LogP contribution in [-0.4, -0.2) is 47.2 Å². The number of carbonyl (C=O) groups is 1. The average Bonchev–Trinajstić information content (AvgIpc) is 2.68. The highest BCUT2D eigenvalue weighted by Crippen LogP contribution is 2.28. The van der Waals surface area contributed by atoms with Gasteiger partial charge in [0.25, 0.3) is 0 Å². The number of benzene rings is 1. The Balaban J connectivity index is 1.66. The number of anilines is 2. The highest BCUT2D eigenvalue weighted by molar-refractivity contribution is 7.99. The number of nitrogens with zero attached hydrogens (tertiary/aromatic N) is 3. The molecule has 1 fully saturated rings. The molecule has 1 saturated heterocycles. The maximum Gasteiger partial charge on any atom is 0.322 e. The molecule has 0 spiro atoms. The summed E-state index contributed by atoms with van der Waals surface area (Å²) in [4.78, 5) is 21.2. The topological polar surface area (TPSA) is 48.5 Å². The van der Waals surface area contributed by atoms with E-state index in [0.29, 0.717) is 30.6 Å². The van der Waals surface area contributed by atoms with Gasteiger partial charge in [-0.05, 0) is 42.0 Å². The minimum atomic E-state index is -0.0709. The van der Waals surface area contributed by atoms with E-state index in [2.05, 4.69) is 41.2 Å². The van der Waals surface area contributed by atoms with E-state index in [1.807, 2.05) is 35.4 Å². The van der Waals surface area contributed by atoms with Gasteiger partial charge >= 0.3 is 6.03 Å². The molecule has 2 amide bonds. The first-order chi connectivity index (χ1) is 13.0. The zero-order chi connectivity index (χ0) is 19.4. The maximum absolute atomic E-state index is 12.8. The van der Waals surface area contributed by atoms with Crippen molar-refractivity contribution in [2.75, 3.05) is 36.1 Å². The number of urea groups is 1. The van der Waals surface area contributed by atoms with Gasteiger partial charge in [0.15, 0.2) is 0 Å². The molecule has 1 aliphatic heterocycles. The van der Waals surface area contributed by atoms with Gasteiger partial charge in [-0.2, -0.15) is 0 Å². The molecular weight excluding hydrogens is 380 g/mol. The number of aromatic nitrogens is 1. The average molecular weight is 405 g/mol. The van der Waals surface area contributed by atoms with E-state index < -0.39 is 0 Å². The van der Waals surface area contributed by atoms with E-state index in [9.17, 15) is 4.79 Å². The minimum absolute atomic E-state index is 0.0340. The number of carbonyl (C=O) groups excluding carboxylic acids is 1. The number of rotatable bonds is 4. The summed E-state index contributed by atoms with van der Waals surface area (Å²) in [6.45, 7) is 6.33. The predicted molar refractivity (Wildman–Crippen MR) is 115 cm³/mol. The van der Waals surface area contributed by atoms with Crippen LogP contribution in [-0.2, 0) is 0 Å². The van der Waals surface area contributed by atoms with E-state index in [1.54, 1.807) is 18.0 Å². The summed E-state index contributed by atoms with van der Waals surface area (Å²) in [5.74, 6) is 1.25. The molecule has 0 aliphatic carbocycles. The molecule has 5 nitrogen and oxygen atoms in total. The number of nitrogens with one attached hydrogen (secondary N) is 1. The summed E-state index contributed by atoms with van der Waals surface area (Å²) in [6.07, 6.45) is 3.76. The van der Waals surface area contributed by atoms with Crippen molar-refractivity contribution in [3.63, 3.8) is 0 Å². The Labute approximate surface area is 170 Å². The lowest BCUT2D eigenvalue weighted by Gasteiger charge is -2.41. The third-order valence-corrected chi connectivity index (χ3v) is 5.98. The third-order valence-electron chi connectivity index (χ3n) is 4.74. The van der Waals surface area contributed by atoms with Crippen molar-refractivity contribution in [3.8, 4) is 0 Å². The zero-order valence-corrected chi connectivity index (χ0v) is 17.4. The van der Waals surface area contributed by atoms with Crippen LogP contribution in [0.5, 0.6) is 0 Å². The van der Waals surface area contributed by atoms with Gasteiger partial charge in [-0.3, -0.25) is 0 Å². The number of hydrogen-bond acceptors (Lipinski definition) is 4. The molecular formula is C20H25ClN4OS. The van der Waals surface area contributed by atoms with Crippen LogP contribution < -0.4 is 10.2 Å². The normalized spacial score (nSPS) is 17.3. The molecule has 1 N–H and O–H groups in total. The number of halogens is 1. The van der Waals surface area contributed by atoms with Crippen molar-refractivity contribution >= 4 is 40.9 Å². The van der Waals surface area contributed by atoms with Crippen LogP contribution in [0.3, 0.4) is 0 Å². The summed E-state index contributed by atoms with van der Waals surface area (Å²) in [6, 6.07) is 11.7. The van der Waals surface area contributed by atoms with E-state index in [1.165, 1.54) is 5.56 Å². The second-order valence-electron chi connectivity index (χ2n) is 6.85. The molecule has 3 rings (SSSR count). The molecule has 1 atom stereocenters.